The van der Waals surface area contributed by atoms with Crippen LogP contribution in [0.3, 0.4) is 0 Å². The fraction of sp³-hybridized carbons (Fsp3) is 0.312. The lowest BCUT2D eigenvalue weighted by atomic mass is 10.1. The predicted molar refractivity (Wildman–Crippen MR) is 85.3 cm³/mol. The summed E-state index contributed by atoms with van der Waals surface area (Å²) in [4.78, 5) is 26.5. The summed E-state index contributed by atoms with van der Waals surface area (Å²) < 4.78 is 5.40. The van der Waals surface area contributed by atoms with Gasteiger partial charge < -0.3 is 20.2 Å². The molecule has 0 saturated heterocycles. The van der Waals surface area contributed by atoms with Crippen molar-refractivity contribution < 1.29 is 19.1 Å². The van der Waals surface area contributed by atoms with Crippen LogP contribution < -0.4 is 10.6 Å². The largest absolute Gasteiger partial charge is 0.481 e. The second-order valence-electron chi connectivity index (χ2n) is 5.20. The summed E-state index contributed by atoms with van der Waals surface area (Å²) in [5.41, 5.74) is 3.19. The molecule has 3 N–H and O–H groups in total. The number of nitrogens with one attached hydrogen (secondary N) is 2. The molecule has 0 atom stereocenters. The van der Waals surface area contributed by atoms with Crippen molar-refractivity contribution in [1.82, 2.24) is 10.3 Å². The van der Waals surface area contributed by atoms with Gasteiger partial charge in [-0.2, -0.15) is 0 Å². The van der Waals surface area contributed by atoms with Crippen molar-refractivity contribution in [1.29, 1.82) is 0 Å². The lowest BCUT2D eigenvalue weighted by molar-refractivity contribution is -0.137. The van der Waals surface area contributed by atoms with Crippen LogP contribution in [0.1, 0.15) is 24.1 Å². The maximum atomic E-state index is 11.8. The van der Waals surface area contributed by atoms with Gasteiger partial charge >= 0.3 is 12.0 Å². The summed E-state index contributed by atoms with van der Waals surface area (Å²) >= 11 is 0. The van der Waals surface area contributed by atoms with Crippen LogP contribution in [0.25, 0.3) is 11.5 Å². The second-order valence-corrected chi connectivity index (χ2v) is 5.20. The van der Waals surface area contributed by atoms with Crippen molar-refractivity contribution in [2.45, 2.75) is 26.7 Å². The quantitative estimate of drug-likeness (QED) is 0.710. The maximum absolute atomic E-state index is 11.8. The Kier molecular flexibility index (Phi) is 5.35. The molecule has 7 heteroatoms. The Morgan fingerprint density at radius 2 is 2.09 bits per heavy atom. The van der Waals surface area contributed by atoms with E-state index >= 15 is 0 Å². The Morgan fingerprint density at radius 3 is 2.74 bits per heavy atom. The first-order valence-electron chi connectivity index (χ1n) is 7.25. The molecule has 0 unspecified atom stereocenters. The summed E-state index contributed by atoms with van der Waals surface area (Å²) in [6, 6.07) is 5.06. The number of carbonyl (C=O) groups excluding carboxylic acids is 1. The molecule has 0 aliphatic carbocycles. The van der Waals surface area contributed by atoms with Gasteiger partial charge in [-0.25, -0.2) is 9.78 Å². The Hall–Kier alpha value is -2.83. The molecule has 1 aromatic carbocycles. The van der Waals surface area contributed by atoms with Crippen LogP contribution in [0.2, 0.25) is 0 Å². The molecule has 122 valence electrons. The first-order valence-corrected chi connectivity index (χ1v) is 7.25. The second kappa shape index (κ2) is 7.44. The van der Waals surface area contributed by atoms with E-state index in [1.807, 2.05) is 19.9 Å². The van der Waals surface area contributed by atoms with Crippen LogP contribution >= 0.6 is 0 Å². The van der Waals surface area contributed by atoms with Crippen molar-refractivity contribution >= 4 is 17.7 Å². The van der Waals surface area contributed by atoms with Gasteiger partial charge in [0.2, 0.25) is 5.89 Å². The number of rotatable bonds is 6. The molecule has 1 aromatic heterocycles. The summed E-state index contributed by atoms with van der Waals surface area (Å²) in [6.45, 7) is 4.08. The van der Waals surface area contributed by atoms with E-state index in [1.165, 1.54) is 0 Å². The Morgan fingerprint density at radius 1 is 1.30 bits per heavy atom. The highest BCUT2D eigenvalue weighted by molar-refractivity contribution is 5.90. The van der Waals surface area contributed by atoms with Crippen LogP contribution in [0.4, 0.5) is 10.5 Å². The summed E-state index contributed by atoms with van der Waals surface area (Å²) in [5, 5.41) is 13.9. The van der Waals surface area contributed by atoms with Crippen LogP contribution in [0.15, 0.2) is 28.9 Å². The van der Waals surface area contributed by atoms with Crippen LogP contribution in [0.5, 0.6) is 0 Å². The highest BCUT2D eigenvalue weighted by Gasteiger charge is 2.10. The highest BCUT2D eigenvalue weighted by Crippen LogP contribution is 2.25. The van der Waals surface area contributed by atoms with Crippen LogP contribution in [0, 0.1) is 13.8 Å². The SMILES string of the molecule is Cc1coc(-c2cc(NC(=O)NCCCC(=O)O)ccc2C)n1. The number of hydrogen-bond donors (Lipinski definition) is 3. The molecule has 2 rings (SSSR count). The van der Waals surface area contributed by atoms with E-state index in [0.717, 1.165) is 16.8 Å². The van der Waals surface area contributed by atoms with E-state index in [1.54, 1.807) is 18.4 Å². The summed E-state index contributed by atoms with van der Waals surface area (Å²) in [7, 11) is 0. The first-order chi connectivity index (χ1) is 11.0. The fourth-order valence-corrected chi connectivity index (χ4v) is 2.02. The van der Waals surface area contributed by atoms with Crippen LogP contribution in [-0.2, 0) is 4.79 Å². The third-order valence-corrected chi connectivity index (χ3v) is 3.20. The molecule has 23 heavy (non-hydrogen) atoms. The van der Waals surface area contributed by atoms with E-state index in [0.29, 0.717) is 24.5 Å². The molecule has 7 nitrogen and oxygen atoms in total. The lowest BCUT2D eigenvalue weighted by Crippen LogP contribution is -2.29. The van der Waals surface area contributed by atoms with Crippen molar-refractivity contribution in [3.8, 4) is 11.5 Å². The van der Waals surface area contributed by atoms with E-state index < -0.39 is 5.97 Å². The number of carboxylic acids is 1. The highest BCUT2D eigenvalue weighted by atomic mass is 16.4. The summed E-state index contributed by atoms with van der Waals surface area (Å²) in [5.74, 6) is -0.373. The fourth-order valence-electron chi connectivity index (χ4n) is 2.02. The van der Waals surface area contributed by atoms with Gasteiger partial charge in [-0.15, -0.1) is 0 Å². The van der Waals surface area contributed by atoms with E-state index in [-0.39, 0.29) is 12.5 Å². The van der Waals surface area contributed by atoms with Crippen molar-refractivity contribution in [2.75, 3.05) is 11.9 Å². The zero-order valence-corrected chi connectivity index (χ0v) is 13.0. The molecule has 2 aromatic rings. The molecule has 0 fully saturated rings. The van der Waals surface area contributed by atoms with Crippen LogP contribution in [-0.4, -0.2) is 28.6 Å². The van der Waals surface area contributed by atoms with Crippen molar-refractivity contribution in [2.24, 2.45) is 0 Å². The number of amides is 2. The number of carbonyl (C=O) groups is 2. The number of nitrogens with zero attached hydrogens (tertiary/aromatic N) is 1. The monoisotopic (exact) mass is 317 g/mol. The molecular weight excluding hydrogens is 298 g/mol. The van der Waals surface area contributed by atoms with Gasteiger partial charge in [-0.1, -0.05) is 6.07 Å². The number of carboxylic acid groups (broad SMARTS) is 1. The van der Waals surface area contributed by atoms with Crippen molar-refractivity contribution in [3.05, 3.63) is 35.7 Å². The number of anilines is 1. The number of urea groups is 1. The number of oxazole rings is 1. The third-order valence-electron chi connectivity index (χ3n) is 3.20. The number of hydrogen-bond acceptors (Lipinski definition) is 4. The first kappa shape index (κ1) is 16.5. The number of aliphatic carboxylic acids is 1. The van der Waals surface area contributed by atoms with E-state index in [4.69, 9.17) is 9.52 Å². The molecule has 1 heterocycles. The Labute approximate surface area is 133 Å². The average Bonchev–Trinajstić information content (AvgIpc) is 2.92. The van der Waals surface area contributed by atoms with Crippen molar-refractivity contribution in [3.63, 3.8) is 0 Å². The van der Waals surface area contributed by atoms with Gasteiger partial charge in [0.05, 0.1) is 5.69 Å². The van der Waals surface area contributed by atoms with E-state index in [9.17, 15) is 9.59 Å². The molecular formula is C16H19N3O4. The molecule has 0 aliphatic heterocycles. The minimum atomic E-state index is -0.878. The average molecular weight is 317 g/mol. The molecule has 2 amide bonds. The van der Waals surface area contributed by atoms with Gasteiger partial charge in [-0.3, -0.25) is 4.79 Å². The minimum Gasteiger partial charge on any atom is -0.481 e. The summed E-state index contributed by atoms with van der Waals surface area (Å²) in [6.07, 6.45) is 1.99. The molecule has 0 saturated carbocycles. The van der Waals surface area contributed by atoms with Gasteiger partial charge in [0.1, 0.15) is 6.26 Å². The zero-order chi connectivity index (χ0) is 16.8. The topological polar surface area (TPSA) is 104 Å². The number of aryl methyl sites for hydroxylation is 2. The zero-order valence-electron chi connectivity index (χ0n) is 13.0. The van der Waals surface area contributed by atoms with Gasteiger partial charge in [0.25, 0.3) is 0 Å². The Balaban J connectivity index is 1.98. The molecule has 0 radical (unpaired) electrons. The maximum Gasteiger partial charge on any atom is 0.319 e. The third kappa shape index (κ3) is 4.84. The standard InChI is InChI=1S/C16H19N3O4/c1-10-5-6-12(8-13(10)15-18-11(2)9-23-15)19-16(22)17-7-3-4-14(20)21/h5-6,8-9H,3-4,7H2,1-2H3,(H,20,21)(H2,17,19,22). The predicted octanol–water partition coefficient (Wildman–Crippen LogP) is 2.94. The Bertz CT molecular complexity index is 709. The molecule has 0 aliphatic rings. The van der Waals surface area contributed by atoms with E-state index in [2.05, 4.69) is 15.6 Å². The number of aromatic nitrogens is 1. The molecule has 0 spiro atoms. The van der Waals surface area contributed by atoms with Gasteiger partial charge in [0.15, 0.2) is 0 Å². The van der Waals surface area contributed by atoms with Gasteiger partial charge in [0, 0.05) is 24.2 Å². The number of benzene rings is 1. The smallest absolute Gasteiger partial charge is 0.319 e. The normalized spacial score (nSPS) is 10.3. The lowest BCUT2D eigenvalue weighted by Gasteiger charge is -2.09. The minimum absolute atomic E-state index is 0.0263. The molecule has 0 bridgehead atoms. The van der Waals surface area contributed by atoms with Gasteiger partial charge in [-0.05, 0) is 38.0 Å².